The van der Waals surface area contributed by atoms with Crippen molar-refractivity contribution < 1.29 is 4.79 Å². The molecule has 26 heavy (non-hydrogen) atoms. The van der Waals surface area contributed by atoms with E-state index in [1.54, 1.807) is 0 Å². The summed E-state index contributed by atoms with van der Waals surface area (Å²) in [6, 6.07) is 9.54. The maximum absolute atomic E-state index is 12.7. The third-order valence-corrected chi connectivity index (χ3v) is 4.91. The average Bonchev–Trinajstić information content (AvgIpc) is 3.07. The molecule has 1 aromatic heterocycles. The number of nitrogens with one attached hydrogen (secondary N) is 1. The Morgan fingerprint density at radius 3 is 2.58 bits per heavy atom. The fourth-order valence-electron chi connectivity index (χ4n) is 3.45. The molecule has 2 heterocycles. The molecule has 7 nitrogen and oxygen atoms in total. The molecule has 1 aromatic carbocycles. The normalized spacial score (nSPS) is 16.8. The van der Waals surface area contributed by atoms with Gasteiger partial charge in [0.1, 0.15) is 12.4 Å². The van der Waals surface area contributed by atoms with Gasteiger partial charge < -0.3 is 10.2 Å². The predicted octanol–water partition coefficient (Wildman–Crippen LogP) is 1.84. The van der Waals surface area contributed by atoms with Gasteiger partial charge in [-0.25, -0.2) is 4.68 Å². The number of hydrogen-bond acceptors (Lipinski definition) is 5. The van der Waals surface area contributed by atoms with Gasteiger partial charge in [-0.3, -0.25) is 4.79 Å². The molecule has 7 heteroatoms. The number of nitrogens with zero attached hydrogens (tertiary/aromatic N) is 5. The first-order valence-corrected chi connectivity index (χ1v) is 9.59. The standard InChI is InChI=1S/C19H28N6O/c26-19(20-11-8-14-24-12-6-1-2-7-13-24)18(25-16-21-22-23-25)15-17-9-4-3-5-10-17/h3-5,9-10,16,18H,1-2,6-8,11-15H2,(H,20,26). The van der Waals surface area contributed by atoms with Gasteiger partial charge in [0.05, 0.1) is 0 Å². The molecule has 1 unspecified atom stereocenters. The quantitative estimate of drug-likeness (QED) is 0.731. The minimum absolute atomic E-state index is 0.0305. The van der Waals surface area contributed by atoms with E-state index >= 15 is 0 Å². The zero-order valence-corrected chi connectivity index (χ0v) is 15.3. The van der Waals surface area contributed by atoms with Gasteiger partial charge in [-0.15, -0.1) is 5.10 Å². The molecule has 2 aromatic rings. The highest BCUT2D eigenvalue weighted by atomic mass is 16.2. The van der Waals surface area contributed by atoms with Gasteiger partial charge >= 0.3 is 0 Å². The fraction of sp³-hybridized carbons (Fsp3) is 0.579. The summed E-state index contributed by atoms with van der Waals surface area (Å²) in [5, 5.41) is 14.4. The van der Waals surface area contributed by atoms with E-state index in [4.69, 9.17) is 0 Å². The first-order valence-electron chi connectivity index (χ1n) is 9.59. The van der Waals surface area contributed by atoms with Crippen LogP contribution in [-0.2, 0) is 11.2 Å². The van der Waals surface area contributed by atoms with Gasteiger partial charge in [0.25, 0.3) is 0 Å². The second-order valence-electron chi connectivity index (χ2n) is 6.90. The number of aromatic nitrogens is 4. The first-order chi connectivity index (χ1) is 12.8. The van der Waals surface area contributed by atoms with E-state index in [0.29, 0.717) is 13.0 Å². The molecule has 1 aliphatic rings. The molecular weight excluding hydrogens is 328 g/mol. The summed E-state index contributed by atoms with van der Waals surface area (Å²) in [5.41, 5.74) is 1.09. The van der Waals surface area contributed by atoms with Crippen LogP contribution in [0.2, 0.25) is 0 Å². The number of tetrazole rings is 1. The summed E-state index contributed by atoms with van der Waals surface area (Å²) < 4.78 is 1.54. The summed E-state index contributed by atoms with van der Waals surface area (Å²) in [6.45, 7) is 4.11. The molecule has 1 fully saturated rings. The topological polar surface area (TPSA) is 75.9 Å². The molecule has 1 atom stereocenters. The third kappa shape index (κ3) is 5.62. The predicted molar refractivity (Wildman–Crippen MR) is 99.5 cm³/mol. The van der Waals surface area contributed by atoms with E-state index in [0.717, 1.165) is 18.5 Å². The van der Waals surface area contributed by atoms with Crippen molar-refractivity contribution in [2.24, 2.45) is 0 Å². The number of hydrogen-bond donors (Lipinski definition) is 1. The molecule has 3 rings (SSSR count). The highest BCUT2D eigenvalue weighted by Gasteiger charge is 2.22. The number of rotatable bonds is 8. The van der Waals surface area contributed by atoms with Crippen molar-refractivity contribution in [1.29, 1.82) is 0 Å². The Hall–Kier alpha value is -2.28. The molecule has 0 aliphatic carbocycles. The first kappa shape index (κ1) is 18.5. The minimum atomic E-state index is -0.425. The molecule has 1 saturated heterocycles. The Labute approximate surface area is 154 Å². The molecule has 140 valence electrons. The summed E-state index contributed by atoms with van der Waals surface area (Å²) in [5.74, 6) is -0.0305. The smallest absolute Gasteiger partial charge is 0.245 e. The van der Waals surface area contributed by atoms with Crippen molar-refractivity contribution in [2.45, 2.75) is 44.6 Å². The van der Waals surface area contributed by atoms with Crippen molar-refractivity contribution in [3.8, 4) is 0 Å². The van der Waals surface area contributed by atoms with Gasteiger partial charge in [0, 0.05) is 13.0 Å². The average molecular weight is 356 g/mol. The van der Waals surface area contributed by atoms with Crippen LogP contribution < -0.4 is 5.32 Å². The lowest BCUT2D eigenvalue weighted by Crippen LogP contribution is -2.36. The van der Waals surface area contributed by atoms with Gasteiger partial charge in [-0.05, 0) is 54.9 Å². The highest BCUT2D eigenvalue weighted by molar-refractivity contribution is 5.80. The van der Waals surface area contributed by atoms with Crippen LogP contribution in [0.4, 0.5) is 0 Å². The number of amides is 1. The van der Waals surface area contributed by atoms with Crippen LogP contribution in [0.15, 0.2) is 36.7 Å². The zero-order chi connectivity index (χ0) is 18.0. The summed E-state index contributed by atoms with van der Waals surface area (Å²) >= 11 is 0. The Kier molecular flexibility index (Phi) is 7.13. The van der Waals surface area contributed by atoms with Crippen molar-refractivity contribution >= 4 is 5.91 Å². The van der Waals surface area contributed by atoms with Crippen LogP contribution in [0.25, 0.3) is 0 Å². The second-order valence-corrected chi connectivity index (χ2v) is 6.90. The van der Waals surface area contributed by atoms with E-state index in [1.165, 1.54) is 49.8 Å². The number of benzene rings is 1. The van der Waals surface area contributed by atoms with Crippen LogP contribution in [-0.4, -0.2) is 57.2 Å². The number of carbonyl (C=O) groups excluding carboxylic acids is 1. The molecule has 1 aliphatic heterocycles. The Balaban J connectivity index is 1.49. The van der Waals surface area contributed by atoms with Crippen LogP contribution in [0.3, 0.4) is 0 Å². The fourth-order valence-corrected chi connectivity index (χ4v) is 3.45. The Morgan fingerprint density at radius 1 is 1.12 bits per heavy atom. The van der Waals surface area contributed by atoms with Gasteiger partial charge in [-0.2, -0.15) is 0 Å². The molecule has 1 amide bonds. The van der Waals surface area contributed by atoms with E-state index in [-0.39, 0.29) is 5.91 Å². The number of carbonyl (C=O) groups is 1. The molecule has 0 radical (unpaired) electrons. The van der Waals surface area contributed by atoms with Crippen molar-refractivity contribution in [3.63, 3.8) is 0 Å². The summed E-state index contributed by atoms with van der Waals surface area (Å²) in [4.78, 5) is 15.2. The lowest BCUT2D eigenvalue weighted by molar-refractivity contribution is -0.124. The van der Waals surface area contributed by atoms with Crippen molar-refractivity contribution in [3.05, 3.63) is 42.2 Å². The molecule has 0 bridgehead atoms. The van der Waals surface area contributed by atoms with Gasteiger partial charge in [0.15, 0.2) is 0 Å². The lowest BCUT2D eigenvalue weighted by atomic mass is 10.1. The Bertz CT molecular complexity index is 637. The summed E-state index contributed by atoms with van der Waals surface area (Å²) in [6.07, 6.45) is 8.34. The molecular formula is C19H28N6O. The SMILES string of the molecule is O=C(NCCCN1CCCCCC1)C(Cc1ccccc1)n1cnnn1. The Morgan fingerprint density at radius 2 is 1.88 bits per heavy atom. The van der Waals surface area contributed by atoms with Crippen LogP contribution in [0.1, 0.15) is 43.7 Å². The summed E-state index contributed by atoms with van der Waals surface area (Å²) in [7, 11) is 0. The van der Waals surface area contributed by atoms with Crippen LogP contribution in [0.5, 0.6) is 0 Å². The van der Waals surface area contributed by atoms with E-state index in [2.05, 4.69) is 25.7 Å². The van der Waals surface area contributed by atoms with E-state index in [9.17, 15) is 4.79 Å². The third-order valence-electron chi connectivity index (χ3n) is 4.91. The minimum Gasteiger partial charge on any atom is -0.354 e. The largest absolute Gasteiger partial charge is 0.354 e. The maximum Gasteiger partial charge on any atom is 0.245 e. The maximum atomic E-state index is 12.7. The highest BCUT2D eigenvalue weighted by Crippen LogP contribution is 2.13. The van der Waals surface area contributed by atoms with Gasteiger partial charge in [-0.1, -0.05) is 43.2 Å². The van der Waals surface area contributed by atoms with Crippen LogP contribution in [0, 0.1) is 0 Å². The second kappa shape index (κ2) is 10.0. The van der Waals surface area contributed by atoms with Gasteiger partial charge in [0.2, 0.25) is 5.91 Å². The van der Waals surface area contributed by atoms with E-state index < -0.39 is 6.04 Å². The monoisotopic (exact) mass is 356 g/mol. The van der Waals surface area contributed by atoms with E-state index in [1.807, 2.05) is 30.3 Å². The molecule has 1 N–H and O–H groups in total. The lowest BCUT2D eigenvalue weighted by Gasteiger charge is -2.20. The van der Waals surface area contributed by atoms with Crippen molar-refractivity contribution in [2.75, 3.05) is 26.2 Å². The zero-order valence-electron chi connectivity index (χ0n) is 15.3. The molecule has 0 saturated carbocycles. The number of likely N-dealkylation sites (tertiary alicyclic amines) is 1. The van der Waals surface area contributed by atoms with Crippen molar-refractivity contribution in [1.82, 2.24) is 30.4 Å². The molecule has 0 spiro atoms. The van der Waals surface area contributed by atoms with Crippen LogP contribution >= 0.6 is 0 Å².